The van der Waals surface area contributed by atoms with Crippen molar-refractivity contribution in [2.24, 2.45) is 0 Å². The van der Waals surface area contributed by atoms with Gasteiger partial charge in [0, 0.05) is 17.6 Å². The molecule has 112 valence electrons. The Labute approximate surface area is 127 Å². The Hall–Kier alpha value is -1.32. The van der Waals surface area contributed by atoms with Crippen LogP contribution in [-0.2, 0) is 11.3 Å². The minimum absolute atomic E-state index is 0. The molecule has 0 aliphatic heterocycles. The lowest BCUT2D eigenvalue weighted by Gasteiger charge is -2.33. The highest BCUT2D eigenvalue weighted by Gasteiger charge is 2.18. The number of halogens is 1. The van der Waals surface area contributed by atoms with Gasteiger partial charge in [0.1, 0.15) is 6.54 Å². The summed E-state index contributed by atoms with van der Waals surface area (Å²) in [6, 6.07) is 10.4. The molecule has 4 heteroatoms. The smallest absolute Gasteiger partial charge is 0.330 e. The molecule has 0 radical (unpaired) electrons. The summed E-state index contributed by atoms with van der Waals surface area (Å²) < 4.78 is 0.924. The molecule has 0 saturated carbocycles. The average molecular weight is 299 g/mol. The van der Waals surface area contributed by atoms with Crippen LogP contribution < -0.4 is 0 Å². The van der Waals surface area contributed by atoms with E-state index in [2.05, 4.69) is 38.2 Å². The van der Waals surface area contributed by atoms with Crippen molar-refractivity contribution < 1.29 is 14.4 Å². The second-order valence-corrected chi connectivity index (χ2v) is 5.28. The minimum atomic E-state index is -0.825. The lowest BCUT2D eigenvalue weighted by molar-refractivity contribution is -0.920. The third-order valence-electron chi connectivity index (χ3n) is 3.63. The Morgan fingerprint density at radius 3 is 2.40 bits per heavy atom. The first-order chi connectivity index (χ1) is 8.97. The highest BCUT2D eigenvalue weighted by molar-refractivity contribution is 5.85. The summed E-state index contributed by atoms with van der Waals surface area (Å²) in [5, 5.41) is 8.83. The van der Waals surface area contributed by atoms with E-state index in [1.807, 2.05) is 12.1 Å². The Morgan fingerprint density at radius 2 is 1.90 bits per heavy atom. The van der Waals surface area contributed by atoms with E-state index in [-0.39, 0.29) is 12.4 Å². The zero-order valence-electron chi connectivity index (χ0n) is 12.5. The van der Waals surface area contributed by atoms with Gasteiger partial charge in [-0.05, 0) is 13.8 Å². The Bertz CT molecular complexity index is 445. The van der Waals surface area contributed by atoms with E-state index in [1.54, 1.807) is 6.92 Å². The van der Waals surface area contributed by atoms with Crippen LogP contribution in [0.15, 0.2) is 42.0 Å². The average Bonchev–Trinajstić information content (AvgIpc) is 2.39. The molecule has 0 aliphatic carbocycles. The first-order valence-corrected chi connectivity index (χ1v) is 6.74. The third kappa shape index (κ3) is 6.22. The van der Waals surface area contributed by atoms with Gasteiger partial charge in [-0.2, -0.15) is 0 Å². The van der Waals surface area contributed by atoms with Crippen LogP contribution in [0.4, 0.5) is 0 Å². The number of hydrogen-bond acceptors (Lipinski definition) is 1. The maximum atomic E-state index is 10.7. The molecule has 3 nitrogen and oxygen atoms in total. The second kappa shape index (κ2) is 8.77. The van der Waals surface area contributed by atoms with E-state index >= 15 is 0 Å². The quantitative estimate of drug-likeness (QED) is 0.618. The van der Waals surface area contributed by atoms with Gasteiger partial charge in [-0.3, -0.25) is 0 Å². The lowest BCUT2D eigenvalue weighted by Crippen LogP contribution is -2.43. The lowest BCUT2D eigenvalue weighted by atomic mass is 10.1. The van der Waals surface area contributed by atoms with E-state index < -0.39 is 5.97 Å². The Kier molecular flexibility index (Phi) is 8.19. The monoisotopic (exact) mass is 298 g/mol. The summed E-state index contributed by atoms with van der Waals surface area (Å²) in [7, 11) is 2.22. The fraction of sp³-hybridized carbons (Fsp3) is 0.438. The summed E-state index contributed by atoms with van der Waals surface area (Å²) in [5.74, 6) is -0.825. The summed E-state index contributed by atoms with van der Waals surface area (Å²) in [6.07, 6.45) is 2.62. The molecule has 0 fully saturated rings. The first kappa shape index (κ1) is 18.7. The number of rotatable bonds is 7. The maximum Gasteiger partial charge on any atom is 0.330 e. The van der Waals surface area contributed by atoms with Crippen LogP contribution in [0.25, 0.3) is 0 Å². The first-order valence-electron chi connectivity index (χ1n) is 6.74. The van der Waals surface area contributed by atoms with Crippen LogP contribution in [0, 0.1) is 0 Å². The predicted molar refractivity (Wildman–Crippen MR) is 85.0 cm³/mol. The van der Waals surface area contributed by atoms with Gasteiger partial charge in [0.2, 0.25) is 0 Å². The fourth-order valence-electron chi connectivity index (χ4n) is 2.05. The zero-order valence-corrected chi connectivity index (χ0v) is 13.3. The molecule has 0 bridgehead atoms. The molecule has 0 heterocycles. The summed E-state index contributed by atoms with van der Waals surface area (Å²) >= 11 is 0. The van der Waals surface area contributed by atoms with Crippen molar-refractivity contribution in [2.45, 2.75) is 26.8 Å². The van der Waals surface area contributed by atoms with Crippen molar-refractivity contribution in [3.8, 4) is 0 Å². The third-order valence-corrected chi connectivity index (χ3v) is 3.63. The summed E-state index contributed by atoms with van der Waals surface area (Å²) in [4.78, 5) is 10.7. The molecule has 0 amide bonds. The van der Waals surface area contributed by atoms with Gasteiger partial charge in [0.25, 0.3) is 0 Å². The van der Waals surface area contributed by atoms with Crippen molar-refractivity contribution in [2.75, 3.05) is 20.1 Å². The number of carboxylic acid groups (broad SMARTS) is 1. The van der Waals surface area contributed by atoms with Crippen LogP contribution in [-0.4, -0.2) is 35.7 Å². The van der Waals surface area contributed by atoms with E-state index in [1.165, 1.54) is 5.56 Å². The molecule has 1 aromatic rings. The molecular weight excluding hydrogens is 274 g/mol. The molecule has 1 N–H and O–H groups in total. The summed E-state index contributed by atoms with van der Waals surface area (Å²) in [5.41, 5.74) is 1.76. The number of aliphatic carboxylic acids is 1. The van der Waals surface area contributed by atoms with Crippen molar-refractivity contribution in [1.29, 1.82) is 0 Å². The van der Waals surface area contributed by atoms with Crippen LogP contribution in [0.2, 0.25) is 0 Å². The van der Waals surface area contributed by atoms with Gasteiger partial charge in [-0.25, -0.2) is 4.79 Å². The largest absolute Gasteiger partial charge is 0.478 e. The van der Waals surface area contributed by atoms with E-state index in [9.17, 15) is 4.79 Å². The minimum Gasteiger partial charge on any atom is -0.478 e. The molecule has 0 spiro atoms. The van der Waals surface area contributed by atoms with Crippen LogP contribution in [0.1, 0.15) is 25.8 Å². The Balaban J connectivity index is 0.00000361. The molecule has 0 aromatic heterocycles. The van der Waals surface area contributed by atoms with Crippen LogP contribution in [0.3, 0.4) is 0 Å². The van der Waals surface area contributed by atoms with Crippen molar-refractivity contribution in [3.63, 3.8) is 0 Å². The topological polar surface area (TPSA) is 37.3 Å². The number of benzene rings is 1. The van der Waals surface area contributed by atoms with Crippen LogP contribution >= 0.6 is 12.4 Å². The van der Waals surface area contributed by atoms with Gasteiger partial charge in [-0.15, -0.1) is 12.4 Å². The molecule has 0 saturated heterocycles. The van der Waals surface area contributed by atoms with Crippen LogP contribution in [0.5, 0.6) is 0 Å². The van der Waals surface area contributed by atoms with E-state index in [0.717, 1.165) is 30.5 Å². The van der Waals surface area contributed by atoms with E-state index in [4.69, 9.17) is 5.11 Å². The van der Waals surface area contributed by atoms with Crippen molar-refractivity contribution in [1.82, 2.24) is 0 Å². The number of carboxylic acids is 1. The molecule has 20 heavy (non-hydrogen) atoms. The van der Waals surface area contributed by atoms with Crippen molar-refractivity contribution in [3.05, 3.63) is 47.5 Å². The van der Waals surface area contributed by atoms with Gasteiger partial charge >= 0.3 is 5.97 Å². The number of quaternary nitrogens is 1. The zero-order chi connectivity index (χ0) is 14.3. The number of hydrogen-bond donors (Lipinski definition) is 1. The normalized spacial score (nSPS) is 14.2. The molecule has 0 aliphatic rings. The highest BCUT2D eigenvalue weighted by atomic mass is 35.5. The highest BCUT2D eigenvalue weighted by Crippen LogP contribution is 2.13. The summed E-state index contributed by atoms with van der Waals surface area (Å²) in [6.45, 7) is 6.80. The molecule has 1 aromatic carbocycles. The Morgan fingerprint density at radius 1 is 1.30 bits per heavy atom. The van der Waals surface area contributed by atoms with Gasteiger partial charge in [-0.1, -0.05) is 36.4 Å². The maximum absolute atomic E-state index is 10.7. The molecule has 1 rings (SSSR count). The molecular formula is C16H25ClNO2+. The second-order valence-electron chi connectivity index (χ2n) is 5.28. The van der Waals surface area contributed by atoms with Crippen molar-refractivity contribution >= 4 is 18.4 Å². The van der Waals surface area contributed by atoms with Gasteiger partial charge < -0.3 is 9.59 Å². The van der Waals surface area contributed by atoms with E-state index in [0.29, 0.717) is 5.57 Å². The SMILES string of the molecule is CC[N+](C)(CCC=C(C)C(=O)O)Cc1ccccc1.Cl. The van der Waals surface area contributed by atoms with Gasteiger partial charge in [0.15, 0.2) is 0 Å². The standard InChI is InChI=1S/C16H23NO2.ClH/c1-4-17(3,12-8-9-14(2)16(18)19)13-15-10-6-5-7-11-15;/h5-7,9-11H,4,8,12-13H2,1-3H3;1H/p+1. The van der Waals surface area contributed by atoms with Gasteiger partial charge in [0.05, 0.1) is 20.1 Å². The molecule has 1 atom stereocenters. The molecule has 1 unspecified atom stereocenters. The number of nitrogens with zero attached hydrogens (tertiary/aromatic N) is 1. The number of carbonyl (C=O) groups is 1. The fourth-order valence-corrected chi connectivity index (χ4v) is 2.05. The predicted octanol–water partition coefficient (Wildman–Crippen LogP) is 3.50.